The molecule has 116 valence electrons. The van der Waals surface area contributed by atoms with Crippen LogP contribution in [0.2, 0.25) is 0 Å². The van der Waals surface area contributed by atoms with Crippen LogP contribution in [0.3, 0.4) is 0 Å². The number of hydrogen-bond acceptors (Lipinski definition) is 4. The summed E-state index contributed by atoms with van der Waals surface area (Å²) in [6.45, 7) is 12.3. The second-order valence-corrected chi connectivity index (χ2v) is 5.99. The molecule has 20 heavy (non-hydrogen) atoms. The number of piperazine rings is 1. The SMILES string of the molecule is CCN1CCN(C(=O)CCNC(=O)OC(C)(C)C)CC1. The van der Waals surface area contributed by atoms with Crippen molar-refractivity contribution in [3.05, 3.63) is 0 Å². The Hall–Kier alpha value is -1.30. The van der Waals surface area contributed by atoms with Gasteiger partial charge in [-0.05, 0) is 27.3 Å². The Morgan fingerprint density at radius 2 is 1.75 bits per heavy atom. The maximum Gasteiger partial charge on any atom is 0.407 e. The lowest BCUT2D eigenvalue weighted by atomic mass is 10.2. The van der Waals surface area contributed by atoms with Gasteiger partial charge in [-0.25, -0.2) is 4.79 Å². The van der Waals surface area contributed by atoms with Crippen molar-refractivity contribution in [3.63, 3.8) is 0 Å². The van der Waals surface area contributed by atoms with E-state index in [1.807, 2.05) is 25.7 Å². The van der Waals surface area contributed by atoms with Gasteiger partial charge in [0.15, 0.2) is 0 Å². The maximum atomic E-state index is 12.0. The second kappa shape index (κ2) is 7.47. The highest BCUT2D eigenvalue weighted by molar-refractivity contribution is 5.77. The summed E-state index contributed by atoms with van der Waals surface area (Å²) in [7, 11) is 0. The molecule has 1 aliphatic rings. The number of ether oxygens (including phenoxy) is 1. The Kier molecular flexibility index (Phi) is 6.26. The van der Waals surface area contributed by atoms with E-state index in [-0.39, 0.29) is 5.91 Å². The number of alkyl carbamates (subject to hydrolysis) is 1. The summed E-state index contributed by atoms with van der Waals surface area (Å²) in [5, 5.41) is 2.61. The monoisotopic (exact) mass is 285 g/mol. The molecule has 0 atom stereocenters. The molecule has 1 fully saturated rings. The first kappa shape index (κ1) is 16.8. The lowest BCUT2D eigenvalue weighted by molar-refractivity contribution is -0.132. The van der Waals surface area contributed by atoms with E-state index < -0.39 is 11.7 Å². The van der Waals surface area contributed by atoms with Crippen LogP contribution >= 0.6 is 0 Å². The molecule has 0 radical (unpaired) electrons. The van der Waals surface area contributed by atoms with Crippen LogP contribution in [-0.4, -0.2) is 66.7 Å². The largest absolute Gasteiger partial charge is 0.444 e. The predicted octanol–water partition coefficient (Wildman–Crippen LogP) is 1.07. The molecule has 0 unspecified atom stereocenters. The minimum Gasteiger partial charge on any atom is -0.444 e. The quantitative estimate of drug-likeness (QED) is 0.839. The van der Waals surface area contributed by atoms with E-state index in [0.717, 1.165) is 32.7 Å². The zero-order chi connectivity index (χ0) is 15.2. The number of nitrogens with zero attached hydrogens (tertiary/aromatic N) is 2. The van der Waals surface area contributed by atoms with Gasteiger partial charge < -0.3 is 19.9 Å². The van der Waals surface area contributed by atoms with Gasteiger partial charge in [0, 0.05) is 39.1 Å². The summed E-state index contributed by atoms with van der Waals surface area (Å²) in [6.07, 6.45) is -0.146. The molecule has 2 amide bonds. The Morgan fingerprint density at radius 1 is 1.15 bits per heavy atom. The highest BCUT2D eigenvalue weighted by Gasteiger charge is 2.20. The molecule has 1 rings (SSSR count). The minimum absolute atomic E-state index is 0.0943. The predicted molar refractivity (Wildman–Crippen MR) is 77.5 cm³/mol. The van der Waals surface area contributed by atoms with Crippen molar-refractivity contribution in [2.24, 2.45) is 0 Å². The van der Waals surface area contributed by atoms with Crippen LogP contribution in [0.4, 0.5) is 4.79 Å². The van der Waals surface area contributed by atoms with E-state index in [9.17, 15) is 9.59 Å². The van der Waals surface area contributed by atoms with E-state index in [1.54, 1.807) is 0 Å². The molecule has 1 aliphatic heterocycles. The first-order valence-corrected chi connectivity index (χ1v) is 7.29. The molecule has 0 aliphatic carbocycles. The molecule has 6 nitrogen and oxygen atoms in total. The minimum atomic E-state index is -0.509. The van der Waals surface area contributed by atoms with Gasteiger partial charge in [-0.15, -0.1) is 0 Å². The van der Waals surface area contributed by atoms with Gasteiger partial charge in [0.2, 0.25) is 5.91 Å². The summed E-state index contributed by atoms with van der Waals surface area (Å²) in [4.78, 5) is 27.6. The topological polar surface area (TPSA) is 61.9 Å². The molecule has 1 N–H and O–H groups in total. The smallest absolute Gasteiger partial charge is 0.407 e. The van der Waals surface area contributed by atoms with Crippen molar-refractivity contribution in [1.29, 1.82) is 0 Å². The van der Waals surface area contributed by atoms with Crippen LogP contribution in [0.15, 0.2) is 0 Å². The Labute approximate surface area is 121 Å². The summed E-state index contributed by atoms with van der Waals surface area (Å²) >= 11 is 0. The number of nitrogens with one attached hydrogen (secondary N) is 1. The molecule has 0 spiro atoms. The van der Waals surface area contributed by atoms with Crippen LogP contribution in [0.25, 0.3) is 0 Å². The zero-order valence-electron chi connectivity index (χ0n) is 13.1. The first-order chi connectivity index (χ1) is 9.31. The van der Waals surface area contributed by atoms with Gasteiger partial charge in [0.25, 0.3) is 0 Å². The standard InChI is InChI=1S/C14H27N3O3/c1-5-16-8-10-17(11-9-16)12(18)6-7-15-13(19)20-14(2,3)4/h5-11H2,1-4H3,(H,15,19). The molecule has 0 bridgehead atoms. The number of carbonyl (C=O) groups excluding carboxylic acids is 2. The van der Waals surface area contributed by atoms with Crippen molar-refractivity contribution in [1.82, 2.24) is 15.1 Å². The molecular formula is C14H27N3O3. The number of rotatable bonds is 4. The Bertz CT molecular complexity index is 331. The van der Waals surface area contributed by atoms with Gasteiger partial charge in [-0.3, -0.25) is 4.79 Å². The highest BCUT2D eigenvalue weighted by atomic mass is 16.6. The van der Waals surface area contributed by atoms with Crippen molar-refractivity contribution in [2.45, 2.75) is 39.7 Å². The fourth-order valence-electron chi connectivity index (χ4n) is 2.06. The molecule has 0 aromatic carbocycles. The second-order valence-electron chi connectivity index (χ2n) is 5.99. The highest BCUT2D eigenvalue weighted by Crippen LogP contribution is 2.06. The van der Waals surface area contributed by atoms with Crippen LogP contribution < -0.4 is 5.32 Å². The summed E-state index contributed by atoms with van der Waals surface area (Å²) in [5.41, 5.74) is -0.509. The fourth-order valence-corrected chi connectivity index (χ4v) is 2.06. The van der Waals surface area contributed by atoms with Gasteiger partial charge in [-0.1, -0.05) is 6.92 Å². The number of amides is 2. The van der Waals surface area contributed by atoms with E-state index >= 15 is 0 Å². The average molecular weight is 285 g/mol. The normalized spacial score (nSPS) is 16.9. The first-order valence-electron chi connectivity index (χ1n) is 7.29. The molecule has 1 heterocycles. The third-order valence-electron chi connectivity index (χ3n) is 3.18. The van der Waals surface area contributed by atoms with Crippen LogP contribution in [0.1, 0.15) is 34.1 Å². The van der Waals surface area contributed by atoms with E-state index in [2.05, 4.69) is 17.1 Å². The number of carbonyl (C=O) groups is 2. The summed E-state index contributed by atoms with van der Waals surface area (Å²) in [5.74, 6) is 0.0943. The van der Waals surface area contributed by atoms with Crippen LogP contribution in [-0.2, 0) is 9.53 Å². The van der Waals surface area contributed by atoms with Crippen molar-refractivity contribution in [2.75, 3.05) is 39.3 Å². The third-order valence-corrected chi connectivity index (χ3v) is 3.18. The van der Waals surface area contributed by atoms with Gasteiger partial charge >= 0.3 is 6.09 Å². The fraction of sp³-hybridized carbons (Fsp3) is 0.857. The van der Waals surface area contributed by atoms with E-state index in [1.165, 1.54) is 0 Å². The lowest BCUT2D eigenvalue weighted by Gasteiger charge is -2.34. The summed E-state index contributed by atoms with van der Waals surface area (Å²) < 4.78 is 5.11. The van der Waals surface area contributed by atoms with E-state index in [0.29, 0.717) is 13.0 Å². The molecule has 6 heteroatoms. The van der Waals surface area contributed by atoms with Gasteiger partial charge in [0.05, 0.1) is 0 Å². The third kappa shape index (κ3) is 6.23. The molecular weight excluding hydrogens is 258 g/mol. The zero-order valence-corrected chi connectivity index (χ0v) is 13.1. The molecule has 0 saturated carbocycles. The Balaban J connectivity index is 2.19. The van der Waals surface area contributed by atoms with Gasteiger partial charge in [0.1, 0.15) is 5.60 Å². The van der Waals surface area contributed by atoms with Crippen molar-refractivity contribution >= 4 is 12.0 Å². The average Bonchev–Trinajstić information content (AvgIpc) is 2.36. The summed E-state index contributed by atoms with van der Waals surface area (Å²) in [6, 6.07) is 0. The van der Waals surface area contributed by atoms with E-state index in [4.69, 9.17) is 4.74 Å². The maximum absolute atomic E-state index is 12.0. The van der Waals surface area contributed by atoms with Crippen LogP contribution in [0.5, 0.6) is 0 Å². The van der Waals surface area contributed by atoms with Gasteiger partial charge in [-0.2, -0.15) is 0 Å². The molecule has 0 aromatic heterocycles. The molecule has 1 saturated heterocycles. The number of hydrogen-bond donors (Lipinski definition) is 1. The van der Waals surface area contributed by atoms with Crippen molar-refractivity contribution < 1.29 is 14.3 Å². The Morgan fingerprint density at radius 3 is 2.25 bits per heavy atom. The van der Waals surface area contributed by atoms with Crippen molar-refractivity contribution in [3.8, 4) is 0 Å². The lowest BCUT2D eigenvalue weighted by Crippen LogP contribution is -2.49. The molecule has 0 aromatic rings. The van der Waals surface area contributed by atoms with Crippen LogP contribution in [0, 0.1) is 0 Å². The number of likely N-dealkylation sites (N-methyl/N-ethyl adjacent to an activating group) is 1.